The molecule has 1 amide bonds. The Balaban J connectivity index is 2.71. The second kappa shape index (κ2) is 6.70. The third kappa shape index (κ3) is 3.81. The van der Waals surface area contributed by atoms with Crippen molar-refractivity contribution < 1.29 is 19.4 Å². The Labute approximate surface area is 105 Å². The van der Waals surface area contributed by atoms with E-state index in [1.165, 1.54) is 23.2 Å². The van der Waals surface area contributed by atoms with Crippen molar-refractivity contribution in [2.45, 2.75) is 6.92 Å². The molecule has 6 heteroatoms. The number of rotatable bonds is 6. The van der Waals surface area contributed by atoms with Crippen LogP contribution in [-0.4, -0.2) is 53.7 Å². The maximum absolute atomic E-state index is 12.0. The summed E-state index contributed by atoms with van der Waals surface area (Å²) in [4.78, 5) is 27.9. The van der Waals surface area contributed by atoms with E-state index in [0.717, 1.165) is 0 Å². The smallest absolute Gasteiger partial charge is 0.354 e. The highest BCUT2D eigenvalue weighted by Gasteiger charge is 2.14. The molecule has 0 radical (unpaired) electrons. The second-order valence-electron chi connectivity index (χ2n) is 3.66. The van der Waals surface area contributed by atoms with E-state index in [4.69, 9.17) is 9.84 Å². The first kappa shape index (κ1) is 14.1. The number of amides is 1. The zero-order valence-electron chi connectivity index (χ0n) is 10.4. The Morgan fingerprint density at radius 2 is 2.22 bits per heavy atom. The largest absolute Gasteiger partial charge is 0.477 e. The van der Waals surface area contributed by atoms with Crippen LogP contribution >= 0.6 is 0 Å². The van der Waals surface area contributed by atoms with E-state index >= 15 is 0 Å². The normalized spacial score (nSPS) is 10.1. The van der Waals surface area contributed by atoms with Gasteiger partial charge in [-0.1, -0.05) is 0 Å². The molecular weight excluding hydrogens is 236 g/mol. The molecule has 1 rings (SSSR count). The summed E-state index contributed by atoms with van der Waals surface area (Å²) in [5, 5.41) is 8.80. The van der Waals surface area contributed by atoms with Crippen LogP contribution in [0.15, 0.2) is 18.3 Å². The molecule has 18 heavy (non-hydrogen) atoms. The minimum absolute atomic E-state index is 0.140. The first-order valence-electron chi connectivity index (χ1n) is 5.58. The van der Waals surface area contributed by atoms with Crippen molar-refractivity contribution in [3.05, 3.63) is 29.6 Å². The summed E-state index contributed by atoms with van der Waals surface area (Å²) in [5.41, 5.74) is 0.167. The highest BCUT2D eigenvalue weighted by molar-refractivity contribution is 5.96. The Hall–Kier alpha value is -1.95. The van der Waals surface area contributed by atoms with Crippen LogP contribution < -0.4 is 0 Å². The average Bonchev–Trinajstić information content (AvgIpc) is 2.38. The van der Waals surface area contributed by atoms with Gasteiger partial charge in [-0.25, -0.2) is 9.78 Å². The third-order valence-electron chi connectivity index (χ3n) is 2.35. The first-order valence-corrected chi connectivity index (χ1v) is 5.58. The van der Waals surface area contributed by atoms with Crippen LogP contribution in [0.4, 0.5) is 0 Å². The predicted octanol–water partition coefficient (Wildman–Crippen LogP) is 0.888. The van der Waals surface area contributed by atoms with Gasteiger partial charge in [0.25, 0.3) is 5.91 Å². The van der Waals surface area contributed by atoms with Gasteiger partial charge in [-0.2, -0.15) is 0 Å². The maximum atomic E-state index is 12.0. The van der Waals surface area contributed by atoms with E-state index in [2.05, 4.69) is 4.98 Å². The minimum Gasteiger partial charge on any atom is -0.477 e. The molecule has 0 saturated heterocycles. The van der Waals surface area contributed by atoms with Crippen molar-refractivity contribution in [3.8, 4) is 0 Å². The molecule has 1 heterocycles. The van der Waals surface area contributed by atoms with Gasteiger partial charge in [-0.3, -0.25) is 4.79 Å². The maximum Gasteiger partial charge on any atom is 0.354 e. The molecule has 0 aliphatic rings. The molecule has 0 unspecified atom stereocenters. The Bertz CT molecular complexity index is 434. The van der Waals surface area contributed by atoms with Crippen LogP contribution in [0.5, 0.6) is 0 Å². The summed E-state index contributed by atoms with van der Waals surface area (Å²) in [6, 6.07) is 2.76. The van der Waals surface area contributed by atoms with E-state index in [-0.39, 0.29) is 11.6 Å². The lowest BCUT2D eigenvalue weighted by molar-refractivity contribution is 0.0690. The van der Waals surface area contributed by atoms with Crippen molar-refractivity contribution in [1.82, 2.24) is 9.88 Å². The molecule has 1 aromatic heterocycles. The zero-order valence-corrected chi connectivity index (χ0v) is 10.4. The van der Waals surface area contributed by atoms with Crippen LogP contribution in [0.25, 0.3) is 0 Å². The van der Waals surface area contributed by atoms with Crippen molar-refractivity contribution in [2.75, 3.05) is 26.8 Å². The fourth-order valence-electron chi connectivity index (χ4n) is 1.35. The molecule has 0 aliphatic heterocycles. The molecule has 0 aliphatic carbocycles. The van der Waals surface area contributed by atoms with E-state index in [9.17, 15) is 9.59 Å². The summed E-state index contributed by atoms with van der Waals surface area (Å²) >= 11 is 0. The predicted molar refractivity (Wildman–Crippen MR) is 64.6 cm³/mol. The Morgan fingerprint density at radius 3 is 2.83 bits per heavy atom. The second-order valence-corrected chi connectivity index (χ2v) is 3.66. The van der Waals surface area contributed by atoms with Gasteiger partial charge >= 0.3 is 5.97 Å². The van der Waals surface area contributed by atoms with Crippen molar-refractivity contribution in [1.29, 1.82) is 0 Å². The quantitative estimate of drug-likeness (QED) is 0.760. The summed E-state index contributed by atoms with van der Waals surface area (Å²) < 4.78 is 5.15. The number of aromatic carboxylic acids is 1. The molecule has 0 saturated carbocycles. The number of carbonyl (C=O) groups excluding carboxylic acids is 1. The summed E-state index contributed by atoms with van der Waals surface area (Å²) in [6.07, 6.45) is 1.31. The number of carboxylic acids is 1. The molecule has 0 atom stereocenters. The van der Waals surface area contributed by atoms with Crippen LogP contribution in [0.2, 0.25) is 0 Å². The van der Waals surface area contributed by atoms with Crippen LogP contribution in [0, 0.1) is 0 Å². The molecule has 0 aromatic carbocycles. The van der Waals surface area contributed by atoms with Crippen LogP contribution in [0.3, 0.4) is 0 Å². The third-order valence-corrected chi connectivity index (χ3v) is 2.35. The topological polar surface area (TPSA) is 79.7 Å². The minimum atomic E-state index is -1.15. The lowest BCUT2D eigenvalue weighted by Crippen LogP contribution is -2.30. The number of likely N-dealkylation sites (N-methyl/N-ethyl adjacent to an activating group) is 1. The fraction of sp³-hybridized carbons (Fsp3) is 0.417. The molecule has 0 fully saturated rings. The zero-order chi connectivity index (χ0) is 13.5. The van der Waals surface area contributed by atoms with Crippen LogP contribution in [-0.2, 0) is 4.74 Å². The number of ether oxygens (including phenoxy) is 1. The van der Waals surface area contributed by atoms with Gasteiger partial charge in [0.2, 0.25) is 0 Å². The van der Waals surface area contributed by atoms with Crippen molar-refractivity contribution in [2.24, 2.45) is 0 Å². The van der Waals surface area contributed by atoms with E-state index < -0.39 is 5.97 Å². The molecular formula is C12H16N2O4. The summed E-state index contributed by atoms with van der Waals surface area (Å²) in [5.74, 6) is -1.40. The Kier molecular flexibility index (Phi) is 5.26. The van der Waals surface area contributed by atoms with Crippen molar-refractivity contribution in [3.63, 3.8) is 0 Å². The van der Waals surface area contributed by atoms with Crippen LogP contribution in [0.1, 0.15) is 27.8 Å². The SMILES string of the molecule is CCOCCN(C)C(=O)c1ccnc(C(=O)O)c1. The van der Waals surface area contributed by atoms with E-state index in [0.29, 0.717) is 25.3 Å². The molecule has 0 bridgehead atoms. The van der Waals surface area contributed by atoms with Gasteiger partial charge in [0, 0.05) is 32.0 Å². The molecule has 98 valence electrons. The Morgan fingerprint density at radius 1 is 1.50 bits per heavy atom. The van der Waals surface area contributed by atoms with Gasteiger partial charge < -0.3 is 14.7 Å². The lowest BCUT2D eigenvalue weighted by atomic mass is 10.2. The van der Waals surface area contributed by atoms with Gasteiger partial charge in [-0.05, 0) is 19.1 Å². The average molecular weight is 252 g/mol. The van der Waals surface area contributed by atoms with Crippen molar-refractivity contribution >= 4 is 11.9 Å². The highest BCUT2D eigenvalue weighted by atomic mass is 16.5. The molecule has 1 aromatic rings. The number of nitrogens with zero attached hydrogens (tertiary/aromatic N) is 2. The lowest BCUT2D eigenvalue weighted by Gasteiger charge is -2.17. The standard InChI is InChI=1S/C12H16N2O4/c1-3-18-7-6-14(2)11(15)9-4-5-13-10(8-9)12(16)17/h4-5,8H,3,6-7H2,1-2H3,(H,16,17). The first-order chi connectivity index (χ1) is 8.56. The number of pyridine rings is 1. The van der Waals surface area contributed by atoms with Gasteiger partial charge in [-0.15, -0.1) is 0 Å². The summed E-state index contributed by atoms with van der Waals surface area (Å²) in [6.45, 7) is 3.39. The number of carbonyl (C=O) groups is 2. The van der Waals surface area contributed by atoms with Gasteiger partial charge in [0.15, 0.2) is 0 Å². The molecule has 0 spiro atoms. The van der Waals surface area contributed by atoms with Gasteiger partial charge in [0.1, 0.15) is 5.69 Å². The fourth-order valence-corrected chi connectivity index (χ4v) is 1.35. The molecule has 1 N–H and O–H groups in total. The van der Waals surface area contributed by atoms with Gasteiger partial charge in [0.05, 0.1) is 6.61 Å². The monoisotopic (exact) mass is 252 g/mol. The number of carboxylic acid groups (broad SMARTS) is 1. The number of aromatic nitrogens is 1. The van der Waals surface area contributed by atoms with E-state index in [1.54, 1.807) is 7.05 Å². The highest BCUT2D eigenvalue weighted by Crippen LogP contribution is 2.05. The number of hydrogen-bond acceptors (Lipinski definition) is 4. The number of hydrogen-bond donors (Lipinski definition) is 1. The molecule has 6 nitrogen and oxygen atoms in total. The summed E-state index contributed by atoms with van der Waals surface area (Å²) in [7, 11) is 1.64. The van der Waals surface area contributed by atoms with E-state index in [1.807, 2.05) is 6.92 Å².